The Kier molecular flexibility index (Phi) is 6.05. The van der Waals surface area contributed by atoms with Crippen molar-refractivity contribution in [1.82, 2.24) is 4.98 Å². The van der Waals surface area contributed by atoms with Gasteiger partial charge in [0, 0.05) is 19.6 Å². The minimum Gasteiger partial charge on any atom is -0.370 e. The standard InChI is InChI=1S/C13H22N4O2/c1-4-7-16(8-5-2)13-10-11(17(18)19)9-12(15-13)14-6-3/h9-10H,4-8H2,1-3H3,(H,14,15). The van der Waals surface area contributed by atoms with Gasteiger partial charge in [0.15, 0.2) is 0 Å². The van der Waals surface area contributed by atoms with Crippen LogP contribution < -0.4 is 10.2 Å². The lowest BCUT2D eigenvalue weighted by molar-refractivity contribution is -0.384. The number of nitrogens with one attached hydrogen (secondary N) is 1. The van der Waals surface area contributed by atoms with E-state index in [2.05, 4.69) is 29.0 Å². The van der Waals surface area contributed by atoms with E-state index in [0.717, 1.165) is 25.9 Å². The van der Waals surface area contributed by atoms with Gasteiger partial charge in [-0.1, -0.05) is 13.8 Å². The van der Waals surface area contributed by atoms with Crippen LogP contribution in [0.25, 0.3) is 0 Å². The lowest BCUT2D eigenvalue weighted by Crippen LogP contribution is -2.26. The van der Waals surface area contributed by atoms with E-state index in [0.29, 0.717) is 18.2 Å². The summed E-state index contributed by atoms with van der Waals surface area (Å²) in [7, 11) is 0. The van der Waals surface area contributed by atoms with Gasteiger partial charge in [0.25, 0.3) is 5.69 Å². The minimum atomic E-state index is -0.373. The van der Waals surface area contributed by atoms with E-state index in [9.17, 15) is 10.1 Å². The highest BCUT2D eigenvalue weighted by Gasteiger charge is 2.14. The van der Waals surface area contributed by atoms with Gasteiger partial charge in [-0.2, -0.15) is 0 Å². The van der Waals surface area contributed by atoms with E-state index in [-0.39, 0.29) is 10.6 Å². The van der Waals surface area contributed by atoms with Crippen LogP contribution in [0.1, 0.15) is 33.6 Å². The lowest BCUT2D eigenvalue weighted by Gasteiger charge is -2.22. The molecule has 0 spiro atoms. The van der Waals surface area contributed by atoms with Crippen molar-refractivity contribution in [3.63, 3.8) is 0 Å². The Labute approximate surface area is 114 Å². The Hall–Kier alpha value is -1.85. The van der Waals surface area contributed by atoms with Crippen molar-refractivity contribution in [2.45, 2.75) is 33.6 Å². The molecule has 0 amide bonds. The quantitative estimate of drug-likeness (QED) is 0.578. The van der Waals surface area contributed by atoms with Crippen LogP contribution in [0.4, 0.5) is 17.3 Å². The topological polar surface area (TPSA) is 71.3 Å². The molecule has 0 unspecified atom stereocenters. The maximum absolute atomic E-state index is 11.0. The van der Waals surface area contributed by atoms with Crippen LogP contribution in [0.3, 0.4) is 0 Å². The van der Waals surface area contributed by atoms with Crippen molar-refractivity contribution in [2.24, 2.45) is 0 Å². The number of hydrogen-bond acceptors (Lipinski definition) is 5. The van der Waals surface area contributed by atoms with Crippen LogP contribution in [-0.2, 0) is 0 Å². The third kappa shape index (κ3) is 4.39. The van der Waals surface area contributed by atoms with Crippen molar-refractivity contribution < 1.29 is 4.92 Å². The normalized spacial score (nSPS) is 10.3. The molecule has 1 aromatic rings. The summed E-state index contributed by atoms with van der Waals surface area (Å²) < 4.78 is 0. The smallest absolute Gasteiger partial charge is 0.276 e. The van der Waals surface area contributed by atoms with Gasteiger partial charge >= 0.3 is 0 Å². The number of aromatic nitrogens is 1. The number of nitro groups is 1. The zero-order valence-electron chi connectivity index (χ0n) is 11.8. The summed E-state index contributed by atoms with van der Waals surface area (Å²) in [6, 6.07) is 3.02. The number of nitrogens with zero attached hydrogens (tertiary/aromatic N) is 3. The summed E-state index contributed by atoms with van der Waals surface area (Å²) in [6.07, 6.45) is 1.97. The molecule has 1 heterocycles. The molecular weight excluding hydrogens is 244 g/mol. The van der Waals surface area contributed by atoms with E-state index in [1.807, 2.05) is 6.92 Å². The van der Waals surface area contributed by atoms with Crippen LogP contribution in [0.2, 0.25) is 0 Å². The molecule has 19 heavy (non-hydrogen) atoms. The number of pyridine rings is 1. The molecule has 0 aromatic carbocycles. The molecule has 1 N–H and O–H groups in total. The molecule has 0 aliphatic rings. The van der Waals surface area contributed by atoms with E-state index >= 15 is 0 Å². The van der Waals surface area contributed by atoms with Gasteiger partial charge in [-0.15, -0.1) is 0 Å². The second kappa shape index (κ2) is 7.56. The fourth-order valence-corrected chi connectivity index (χ4v) is 1.92. The van der Waals surface area contributed by atoms with Crippen LogP contribution in [0.15, 0.2) is 12.1 Å². The van der Waals surface area contributed by atoms with Crippen molar-refractivity contribution in [2.75, 3.05) is 29.9 Å². The monoisotopic (exact) mass is 266 g/mol. The molecular formula is C13H22N4O2. The van der Waals surface area contributed by atoms with Crippen molar-refractivity contribution >= 4 is 17.3 Å². The molecule has 0 radical (unpaired) electrons. The maximum Gasteiger partial charge on any atom is 0.276 e. The molecule has 1 rings (SSSR count). The summed E-state index contributed by atoms with van der Waals surface area (Å²) in [6.45, 7) is 8.52. The third-order valence-corrected chi connectivity index (χ3v) is 2.68. The van der Waals surface area contributed by atoms with Crippen molar-refractivity contribution in [3.8, 4) is 0 Å². The van der Waals surface area contributed by atoms with Crippen LogP contribution in [0.5, 0.6) is 0 Å². The first kappa shape index (κ1) is 15.2. The highest BCUT2D eigenvalue weighted by molar-refractivity contribution is 5.55. The molecule has 0 aliphatic heterocycles. The maximum atomic E-state index is 11.0. The molecule has 0 saturated carbocycles. The first-order chi connectivity index (χ1) is 9.12. The summed E-state index contributed by atoms with van der Waals surface area (Å²) in [4.78, 5) is 17.2. The van der Waals surface area contributed by atoms with Gasteiger partial charge in [0.05, 0.1) is 17.1 Å². The average Bonchev–Trinajstić information content (AvgIpc) is 2.38. The van der Waals surface area contributed by atoms with Crippen LogP contribution in [-0.4, -0.2) is 29.5 Å². The molecule has 106 valence electrons. The molecule has 0 aliphatic carbocycles. The van der Waals surface area contributed by atoms with E-state index < -0.39 is 0 Å². The summed E-state index contributed by atoms with van der Waals surface area (Å²) in [5.74, 6) is 1.23. The zero-order valence-corrected chi connectivity index (χ0v) is 11.8. The Morgan fingerprint density at radius 1 is 1.26 bits per heavy atom. The third-order valence-electron chi connectivity index (χ3n) is 2.68. The second-order valence-corrected chi connectivity index (χ2v) is 4.34. The van der Waals surface area contributed by atoms with Gasteiger partial charge in [0.1, 0.15) is 11.6 Å². The van der Waals surface area contributed by atoms with Crippen LogP contribution >= 0.6 is 0 Å². The predicted octanol–water partition coefficient (Wildman–Crippen LogP) is 3.05. The number of rotatable bonds is 8. The first-order valence-corrected chi connectivity index (χ1v) is 6.77. The Balaban J connectivity index is 3.11. The van der Waals surface area contributed by atoms with E-state index in [4.69, 9.17) is 0 Å². The van der Waals surface area contributed by atoms with Gasteiger partial charge in [-0.3, -0.25) is 10.1 Å². The second-order valence-electron chi connectivity index (χ2n) is 4.34. The highest BCUT2D eigenvalue weighted by atomic mass is 16.6. The Morgan fingerprint density at radius 2 is 1.89 bits per heavy atom. The molecule has 0 atom stereocenters. The fourth-order valence-electron chi connectivity index (χ4n) is 1.92. The molecule has 0 saturated heterocycles. The SMILES string of the molecule is CCCN(CCC)c1cc([N+](=O)[O-])cc(NCC)n1. The average molecular weight is 266 g/mol. The van der Waals surface area contributed by atoms with Gasteiger partial charge < -0.3 is 10.2 Å². The van der Waals surface area contributed by atoms with Gasteiger partial charge in [-0.25, -0.2) is 4.98 Å². The summed E-state index contributed by atoms with van der Waals surface area (Å²) in [5.41, 5.74) is 0.0816. The van der Waals surface area contributed by atoms with Crippen molar-refractivity contribution in [1.29, 1.82) is 0 Å². The Bertz CT molecular complexity index is 417. The van der Waals surface area contributed by atoms with Crippen molar-refractivity contribution in [3.05, 3.63) is 22.2 Å². The fraction of sp³-hybridized carbons (Fsp3) is 0.615. The van der Waals surface area contributed by atoms with Gasteiger partial charge in [0.2, 0.25) is 0 Å². The molecule has 1 aromatic heterocycles. The Morgan fingerprint density at radius 3 is 2.37 bits per heavy atom. The first-order valence-electron chi connectivity index (χ1n) is 6.77. The predicted molar refractivity (Wildman–Crippen MR) is 77.9 cm³/mol. The summed E-state index contributed by atoms with van der Waals surface area (Å²) in [5, 5.41) is 14.0. The largest absolute Gasteiger partial charge is 0.370 e. The molecule has 6 nitrogen and oxygen atoms in total. The minimum absolute atomic E-state index is 0.0816. The van der Waals surface area contributed by atoms with E-state index in [1.54, 1.807) is 6.07 Å². The number of hydrogen-bond donors (Lipinski definition) is 1. The number of anilines is 2. The molecule has 0 fully saturated rings. The van der Waals surface area contributed by atoms with Gasteiger partial charge in [-0.05, 0) is 19.8 Å². The highest BCUT2D eigenvalue weighted by Crippen LogP contribution is 2.23. The summed E-state index contributed by atoms with van der Waals surface area (Å²) >= 11 is 0. The molecule has 0 bridgehead atoms. The zero-order chi connectivity index (χ0) is 14.3. The molecule has 6 heteroatoms. The van der Waals surface area contributed by atoms with Crippen LogP contribution in [0, 0.1) is 10.1 Å². The lowest BCUT2D eigenvalue weighted by atomic mass is 10.3. The van der Waals surface area contributed by atoms with E-state index in [1.165, 1.54) is 6.07 Å².